The van der Waals surface area contributed by atoms with Crippen molar-refractivity contribution >= 4 is 39.6 Å². The number of carbonyl (C=O) groups is 2. The van der Waals surface area contributed by atoms with Crippen molar-refractivity contribution in [2.75, 3.05) is 5.75 Å². The lowest BCUT2D eigenvalue weighted by Gasteiger charge is -2.11. The number of carbonyl (C=O) groups excluding carboxylic acids is 1. The minimum atomic E-state index is -1.00. The second kappa shape index (κ2) is 7.43. The Morgan fingerprint density at radius 3 is 2.50 bits per heavy atom. The van der Waals surface area contributed by atoms with E-state index in [0.717, 1.165) is 9.37 Å². The van der Waals surface area contributed by atoms with Crippen LogP contribution in [0.3, 0.4) is 0 Å². The molecule has 0 unspecified atom stereocenters. The highest BCUT2D eigenvalue weighted by Gasteiger charge is 2.17. The van der Waals surface area contributed by atoms with E-state index < -0.39 is 12.0 Å². The summed E-state index contributed by atoms with van der Waals surface area (Å²) in [6, 6.07) is 6.79. The van der Waals surface area contributed by atoms with Crippen molar-refractivity contribution in [2.24, 2.45) is 0 Å². The number of carboxylic acid groups (broad SMARTS) is 1. The molecule has 4 nitrogen and oxygen atoms in total. The fourth-order valence-electron chi connectivity index (χ4n) is 1.25. The Balaban J connectivity index is 2.41. The molecule has 6 heteroatoms. The number of rotatable bonds is 6. The maximum absolute atomic E-state index is 11.6. The fraction of sp³-hybridized carbons (Fsp3) is 0.333. The summed E-state index contributed by atoms with van der Waals surface area (Å²) >= 11 is 4.71. The van der Waals surface area contributed by atoms with Gasteiger partial charge in [-0.15, -0.1) is 11.8 Å². The van der Waals surface area contributed by atoms with E-state index in [2.05, 4.69) is 21.2 Å². The molecule has 0 bridgehead atoms. The molecule has 0 aliphatic heterocycles. The number of carboxylic acids is 1. The van der Waals surface area contributed by atoms with Crippen molar-refractivity contribution in [2.45, 2.75) is 24.3 Å². The first kappa shape index (κ1) is 15.0. The molecule has 0 heterocycles. The van der Waals surface area contributed by atoms with E-state index in [9.17, 15) is 9.59 Å². The van der Waals surface area contributed by atoms with Gasteiger partial charge in [0.15, 0.2) is 0 Å². The van der Waals surface area contributed by atoms with E-state index >= 15 is 0 Å². The molecule has 0 spiro atoms. The Labute approximate surface area is 118 Å². The van der Waals surface area contributed by atoms with Crippen LogP contribution in [0.2, 0.25) is 0 Å². The normalized spacial score (nSPS) is 11.9. The number of amides is 1. The molecule has 0 radical (unpaired) electrons. The Kier molecular flexibility index (Phi) is 6.21. The lowest BCUT2D eigenvalue weighted by Crippen LogP contribution is -2.41. The third kappa shape index (κ3) is 5.10. The summed E-state index contributed by atoms with van der Waals surface area (Å²) in [6.07, 6.45) is 0.379. The molecule has 0 aliphatic rings. The van der Waals surface area contributed by atoms with E-state index in [4.69, 9.17) is 5.11 Å². The molecule has 98 valence electrons. The minimum absolute atomic E-state index is 0.214. The molecule has 0 saturated carbocycles. The topological polar surface area (TPSA) is 66.4 Å². The van der Waals surface area contributed by atoms with Crippen LogP contribution in [0.25, 0.3) is 0 Å². The molecule has 18 heavy (non-hydrogen) atoms. The molecular weight excluding hydrogens is 318 g/mol. The molecule has 0 aromatic heterocycles. The van der Waals surface area contributed by atoms with Gasteiger partial charge in [0.25, 0.3) is 0 Å². The summed E-state index contributed by atoms with van der Waals surface area (Å²) in [4.78, 5) is 23.3. The van der Waals surface area contributed by atoms with Crippen LogP contribution in [0, 0.1) is 0 Å². The highest BCUT2D eigenvalue weighted by atomic mass is 79.9. The average Bonchev–Trinajstić information content (AvgIpc) is 2.35. The molecule has 0 aliphatic carbocycles. The first-order valence-electron chi connectivity index (χ1n) is 5.43. The number of benzene rings is 1. The largest absolute Gasteiger partial charge is 0.480 e. The maximum Gasteiger partial charge on any atom is 0.326 e. The summed E-state index contributed by atoms with van der Waals surface area (Å²) in [5.41, 5.74) is 0. The first-order chi connectivity index (χ1) is 8.52. The molecular formula is C12H14BrNO3S. The minimum Gasteiger partial charge on any atom is -0.480 e. The quantitative estimate of drug-likeness (QED) is 0.786. The molecule has 1 aromatic carbocycles. The van der Waals surface area contributed by atoms with Gasteiger partial charge < -0.3 is 10.4 Å². The predicted octanol–water partition coefficient (Wildman–Crippen LogP) is 2.52. The third-order valence-corrected chi connectivity index (χ3v) is 3.77. The van der Waals surface area contributed by atoms with Gasteiger partial charge in [-0.2, -0.15) is 0 Å². The van der Waals surface area contributed by atoms with Crippen molar-refractivity contribution in [3.05, 3.63) is 28.7 Å². The summed E-state index contributed by atoms with van der Waals surface area (Å²) in [5, 5.41) is 11.3. The molecule has 0 saturated heterocycles. The Hall–Kier alpha value is -1.01. The lowest BCUT2D eigenvalue weighted by molar-refractivity contribution is -0.141. The number of thioether (sulfide) groups is 1. The summed E-state index contributed by atoms with van der Waals surface area (Å²) in [6.45, 7) is 1.72. The zero-order valence-electron chi connectivity index (χ0n) is 9.85. The van der Waals surface area contributed by atoms with Crippen LogP contribution in [-0.4, -0.2) is 28.8 Å². The molecule has 1 atom stereocenters. The molecule has 2 N–H and O–H groups in total. The van der Waals surface area contributed by atoms with E-state index in [1.807, 2.05) is 24.3 Å². The van der Waals surface area contributed by atoms with E-state index in [0.29, 0.717) is 6.42 Å². The van der Waals surface area contributed by atoms with E-state index in [1.54, 1.807) is 6.92 Å². The molecule has 1 rings (SSSR count). The number of aliphatic carboxylic acids is 1. The van der Waals surface area contributed by atoms with Crippen LogP contribution in [0.1, 0.15) is 13.3 Å². The molecule has 0 fully saturated rings. The summed E-state index contributed by atoms with van der Waals surface area (Å²) in [5.74, 6) is -1.05. The highest BCUT2D eigenvalue weighted by Crippen LogP contribution is 2.20. The van der Waals surface area contributed by atoms with Gasteiger partial charge in [0.05, 0.1) is 5.75 Å². The van der Waals surface area contributed by atoms with Crippen LogP contribution in [-0.2, 0) is 9.59 Å². The number of nitrogens with one attached hydrogen (secondary N) is 1. The zero-order chi connectivity index (χ0) is 13.5. The van der Waals surface area contributed by atoms with Crippen LogP contribution in [0.15, 0.2) is 33.6 Å². The lowest BCUT2D eigenvalue weighted by atomic mass is 10.2. The van der Waals surface area contributed by atoms with Gasteiger partial charge in [0.1, 0.15) is 6.04 Å². The van der Waals surface area contributed by atoms with Gasteiger partial charge in [0.2, 0.25) is 5.91 Å². The number of halogens is 1. The Morgan fingerprint density at radius 1 is 1.39 bits per heavy atom. The van der Waals surface area contributed by atoms with Crippen molar-refractivity contribution < 1.29 is 14.7 Å². The van der Waals surface area contributed by atoms with Gasteiger partial charge in [-0.1, -0.05) is 22.9 Å². The Morgan fingerprint density at radius 2 is 2.00 bits per heavy atom. The van der Waals surface area contributed by atoms with Crippen LogP contribution in [0.5, 0.6) is 0 Å². The number of hydrogen-bond acceptors (Lipinski definition) is 3. The van der Waals surface area contributed by atoms with Crippen LogP contribution < -0.4 is 5.32 Å². The summed E-state index contributed by atoms with van der Waals surface area (Å²) in [7, 11) is 0. The van der Waals surface area contributed by atoms with Crippen molar-refractivity contribution in [1.82, 2.24) is 5.32 Å². The van der Waals surface area contributed by atoms with Gasteiger partial charge in [-0.05, 0) is 30.7 Å². The van der Waals surface area contributed by atoms with E-state index in [1.165, 1.54) is 11.8 Å². The standard InChI is InChI=1S/C12H14BrNO3S/c1-2-10(12(16)17)14-11(15)7-18-9-5-3-8(13)4-6-9/h3-6,10H,2,7H2,1H3,(H,14,15)(H,16,17)/t10-/m1/s1. The van der Waals surface area contributed by atoms with Gasteiger partial charge in [-0.25, -0.2) is 4.79 Å². The Bertz CT molecular complexity index is 422. The predicted molar refractivity (Wildman–Crippen MR) is 74.7 cm³/mol. The molecule has 1 aromatic rings. The van der Waals surface area contributed by atoms with Gasteiger partial charge >= 0.3 is 5.97 Å². The van der Waals surface area contributed by atoms with Crippen LogP contribution in [0.4, 0.5) is 0 Å². The monoisotopic (exact) mass is 331 g/mol. The van der Waals surface area contributed by atoms with E-state index in [-0.39, 0.29) is 11.7 Å². The third-order valence-electron chi connectivity index (χ3n) is 2.23. The second-order valence-electron chi connectivity index (χ2n) is 3.61. The van der Waals surface area contributed by atoms with Gasteiger partial charge in [-0.3, -0.25) is 4.79 Å². The first-order valence-corrected chi connectivity index (χ1v) is 7.21. The smallest absolute Gasteiger partial charge is 0.326 e. The van der Waals surface area contributed by atoms with Crippen molar-refractivity contribution in [1.29, 1.82) is 0 Å². The fourth-order valence-corrected chi connectivity index (χ4v) is 2.23. The van der Waals surface area contributed by atoms with Gasteiger partial charge in [0, 0.05) is 9.37 Å². The summed E-state index contributed by atoms with van der Waals surface area (Å²) < 4.78 is 0.980. The van der Waals surface area contributed by atoms with Crippen molar-refractivity contribution in [3.8, 4) is 0 Å². The second-order valence-corrected chi connectivity index (χ2v) is 5.57. The molecule has 1 amide bonds. The zero-order valence-corrected chi connectivity index (χ0v) is 12.3. The SMILES string of the molecule is CC[C@@H](NC(=O)CSc1ccc(Br)cc1)C(=O)O. The average molecular weight is 332 g/mol. The van der Waals surface area contributed by atoms with Crippen molar-refractivity contribution in [3.63, 3.8) is 0 Å². The maximum atomic E-state index is 11.6. The highest BCUT2D eigenvalue weighted by molar-refractivity contribution is 9.10. The van der Waals surface area contributed by atoms with Crippen LogP contribution >= 0.6 is 27.7 Å². The number of hydrogen-bond donors (Lipinski definition) is 2.